The third-order valence-electron chi connectivity index (χ3n) is 6.22. The van der Waals surface area contributed by atoms with Crippen LogP contribution < -0.4 is 5.32 Å². The lowest BCUT2D eigenvalue weighted by Gasteiger charge is -2.34. The Hall–Kier alpha value is -2.65. The maximum Gasteiger partial charge on any atom is 0.227 e. The zero-order chi connectivity index (χ0) is 24.7. The van der Waals surface area contributed by atoms with Gasteiger partial charge in [0, 0.05) is 50.9 Å². The van der Waals surface area contributed by atoms with Gasteiger partial charge in [0.2, 0.25) is 5.91 Å². The fraction of sp³-hybridized carbons (Fsp3) is 0.500. The topological polar surface area (TPSA) is 117 Å². The van der Waals surface area contributed by atoms with Crippen molar-refractivity contribution < 1.29 is 25.2 Å². The second-order valence-corrected chi connectivity index (χ2v) is 9.68. The van der Waals surface area contributed by atoms with Crippen LogP contribution in [0.3, 0.4) is 0 Å². The molecular weight excluding hydrogens is 434 g/mol. The number of hydrogen-bond donors (Lipinski definition) is 5. The maximum absolute atomic E-state index is 12.8. The largest absolute Gasteiger partial charge is 0.508 e. The first-order chi connectivity index (χ1) is 16.1. The monoisotopic (exact) mass is 471 g/mol. The molecule has 1 aliphatic rings. The third-order valence-corrected chi connectivity index (χ3v) is 6.22. The van der Waals surface area contributed by atoms with Crippen molar-refractivity contribution in [3.05, 3.63) is 59.2 Å². The molecule has 34 heavy (non-hydrogen) atoms. The van der Waals surface area contributed by atoms with E-state index in [1.807, 2.05) is 36.9 Å². The molecule has 1 amide bonds. The summed E-state index contributed by atoms with van der Waals surface area (Å²) in [5, 5.41) is 42.2. The Bertz CT molecular complexity index is 937. The highest BCUT2D eigenvalue weighted by Crippen LogP contribution is 2.25. The summed E-state index contributed by atoms with van der Waals surface area (Å²) < 4.78 is 0. The number of amides is 1. The molecular formula is C26H37N3O5. The second kappa shape index (κ2) is 11.7. The number of aliphatic hydroxyl groups is 2. The van der Waals surface area contributed by atoms with E-state index in [4.69, 9.17) is 5.11 Å². The molecule has 1 heterocycles. The van der Waals surface area contributed by atoms with Crippen molar-refractivity contribution in [1.82, 2.24) is 15.1 Å². The van der Waals surface area contributed by atoms with Crippen molar-refractivity contribution >= 4 is 5.91 Å². The Morgan fingerprint density at radius 3 is 2.32 bits per heavy atom. The Morgan fingerprint density at radius 2 is 1.68 bits per heavy atom. The van der Waals surface area contributed by atoms with Gasteiger partial charge in [-0.1, -0.05) is 24.3 Å². The quantitative estimate of drug-likeness (QED) is 0.356. The van der Waals surface area contributed by atoms with Gasteiger partial charge in [-0.2, -0.15) is 0 Å². The van der Waals surface area contributed by atoms with Crippen molar-refractivity contribution in [2.75, 3.05) is 45.9 Å². The first-order valence-corrected chi connectivity index (χ1v) is 11.8. The summed E-state index contributed by atoms with van der Waals surface area (Å²) in [5.41, 5.74) is 2.19. The SMILES string of the molecule is CC(C)(Cc1cccc(CC(=O)N2CCN(CCO)CC2)c1)NCC(O)c1cc(O)cc(O)c1. The number of phenolic OH excluding ortho intramolecular Hbond substituents is 2. The van der Waals surface area contributed by atoms with E-state index in [9.17, 15) is 20.1 Å². The number of nitrogens with zero attached hydrogens (tertiary/aromatic N) is 2. The smallest absolute Gasteiger partial charge is 0.227 e. The van der Waals surface area contributed by atoms with Gasteiger partial charge >= 0.3 is 0 Å². The maximum atomic E-state index is 12.8. The number of carbonyl (C=O) groups excluding carboxylic acids is 1. The molecule has 0 aliphatic carbocycles. The lowest BCUT2D eigenvalue weighted by molar-refractivity contribution is -0.132. The van der Waals surface area contributed by atoms with E-state index in [2.05, 4.69) is 16.3 Å². The van der Waals surface area contributed by atoms with Crippen LogP contribution in [0.1, 0.15) is 36.6 Å². The summed E-state index contributed by atoms with van der Waals surface area (Å²) in [6, 6.07) is 12.1. The summed E-state index contributed by atoms with van der Waals surface area (Å²) in [4.78, 5) is 16.8. The number of piperazine rings is 1. The number of aliphatic hydroxyl groups excluding tert-OH is 2. The predicted octanol–water partition coefficient (Wildman–Crippen LogP) is 1.42. The third kappa shape index (κ3) is 7.70. The molecule has 8 nitrogen and oxygen atoms in total. The highest BCUT2D eigenvalue weighted by molar-refractivity contribution is 5.79. The van der Waals surface area contributed by atoms with Crippen LogP contribution in [0, 0.1) is 0 Å². The Labute approximate surface area is 201 Å². The van der Waals surface area contributed by atoms with Crippen molar-refractivity contribution in [2.24, 2.45) is 0 Å². The first-order valence-electron chi connectivity index (χ1n) is 11.8. The van der Waals surface area contributed by atoms with Gasteiger partial charge in [-0.3, -0.25) is 9.69 Å². The normalized spacial score (nSPS) is 15.9. The van der Waals surface area contributed by atoms with Gasteiger partial charge < -0.3 is 30.6 Å². The van der Waals surface area contributed by atoms with Gasteiger partial charge in [-0.15, -0.1) is 0 Å². The molecule has 0 radical (unpaired) electrons. The predicted molar refractivity (Wildman–Crippen MR) is 131 cm³/mol. The number of nitrogens with one attached hydrogen (secondary N) is 1. The van der Waals surface area contributed by atoms with Crippen molar-refractivity contribution in [1.29, 1.82) is 0 Å². The molecule has 1 saturated heterocycles. The number of aromatic hydroxyl groups is 2. The van der Waals surface area contributed by atoms with Crippen molar-refractivity contribution in [2.45, 2.75) is 38.3 Å². The summed E-state index contributed by atoms with van der Waals surface area (Å²) in [6.07, 6.45) is 0.188. The van der Waals surface area contributed by atoms with E-state index in [1.54, 1.807) is 0 Å². The van der Waals surface area contributed by atoms with Gasteiger partial charge in [0.1, 0.15) is 11.5 Å². The molecule has 0 spiro atoms. The molecule has 1 unspecified atom stereocenters. The Kier molecular flexibility index (Phi) is 8.90. The van der Waals surface area contributed by atoms with Gasteiger partial charge in [0.15, 0.2) is 0 Å². The molecule has 0 aromatic heterocycles. The minimum absolute atomic E-state index is 0.0910. The molecule has 2 aromatic carbocycles. The average molecular weight is 472 g/mol. The molecule has 1 aliphatic heterocycles. The van der Waals surface area contributed by atoms with Crippen LogP contribution in [0.25, 0.3) is 0 Å². The van der Waals surface area contributed by atoms with Crippen LogP contribution >= 0.6 is 0 Å². The van der Waals surface area contributed by atoms with Crippen molar-refractivity contribution in [3.63, 3.8) is 0 Å². The van der Waals surface area contributed by atoms with Crippen LogP contribution in [0.15, 0.2) is 42.5 Å². The highest BCUT2D eigenvalue weighted by atomic mass is 16.3. The van der Waals surface area contributed by atoms with E-state index < -0.39 is 6.10 Å². The zero-order valence-electron chi connectivity index (χ0n) is 20.1. The number of benzene rings is 2. The molecule has 3 rings (SSSR count). The highest BCUT2D eigenvalue weighted by Gasteiger charge is 2.22. The lowest BCUT2D eigenvalue weighted by Crippen LogP contribution is -2.49. The van der Waals surface area contributed by atoms with Gasteiger partial charge in [0.05, 0.1) is 19.1 Å². The molecule has 2 aromatic rings. The summed E-state index contributed by atoms with van der Waals surface area (Å²) >= 11 is 0. The van der Waals surface area contributed by atoms with E-state index >= 15 is 0 Å². The van der Waals surface area contributed by atoms with Gasteiger partial charge in [-0.05, 0) is 49.1 Å². The van der Waals surface area contributed by atoms with Crippen LogP contribution in [0.2, 0.25) is 0 Å². The first kappa shape index (κ1) is 26.0. The Morgan fingerprint density at radius 1 is 1.03 bits per heavy atom. The molecule has 186 valence electrons. The van der Waals surface area contributed by atoms with Gasteiger partial charge in [0.25, 0.3) is 0 Å². The minimum atomic E-state index is -0.876. The van der Waals surface area contributed by atoms with Crippen molar-refractivity contribution in [3.8, 4) is 11.5 Å². The second-order valence-electron chi connectivity index (χ2n) is 9.68. The molecule has 5 N–H and O–H groups in total. The minimum Gasteiger partial charge on any atom is -0.508 e. The molecule has 0 saturated carbocycles. The van der Waals surface area contributed by atoms with Crippen LogP contribution in [-0.4, -0.2) is 87.5 Å². The van der Waals surface area contributed by atoms with Crippen LogP contribution in [0.4, 0.5) is 0 Å². The standard InChI is InChI=1S/C26H37N3O5/c1-26(2,27-18-24(33)21-14-22(31)16-23(32)15-21)17-20-5-3-4-19(12-20)13-25(34)29-8-6-28(7-9-29)10-11-30/h3-5,12,14-16,24,27,30-33H,6-11,13,17-18H2,1-2H3. The van der Waals surface area contributed by atoms with Crippen LogP contribution in [-0.2, 0) is 17.6 Å². The number of β-amino-alcohol motifs (C(OH)–C–C–N with tert-alkyl or cyclic N) is 2. The van der Waals surface area contributed by atoms with Gasteiger partial charge in [-0.25, -0.2) is 0 Å². The number of rotatable bonds is 10. The lowest BCUT2D eigenvalue weighted by atomic mass is 9.93. The fourth-order valence-corrected chi connectivity index (χ4v) is 4.37. The Balaban J connectivity index is 1.53. The summed E-state index contributed by atoms with van der Waals surface area (Å²) in [6.45, 7) is 8.11. The van der Waals surface area contributed by atoms with E-state index in [-0.39, 0.29) is 36.1 Å². The molecule has 8 heteroatoms. The number of hydrogen-bond acceptors (Lipinski definition) is 7. The molecule has 1 atom stereocenters. The van der Waals surface area contributed by atoms with E-state index in [0.717, 1.165) is 24.2 Å². The summed E-state index contributed by atoms with van der Waals surface area (Å²) in [5.74, 6) is -0.0610. The average Bonchev–Trinajstić information content (AvgIpc) is 2.77. The molecule has 1 fully saturated rings. The van der Waals surface area contributed by atoms with Crippen LogP contribution in [0.5, 0.6) is 11.5 Å². The fourth-order valence-electron chi connectivity index (χ4n) is 4.37. The van der Waals surface area contributed by atoms with E-state index in [0.29, 0.717) is 38.0 Å². The summed E-state index contributed by atoms with van der Waals surface area (Å²) in [7, 11) is 0. The zero-order valence-corrected chi connectivity index (χ0v) is 20.1. The number of carbonyl (C=O) groups is 1. The number of phenols is 2. The van der Waals surface area contributed by atoms with E-state index in [1.165, 1.54) is 18.2 Å². The molecule has 0 bridgehead atoms.